The van der Waals surface area contributed by atoms with Gasteiger partial charge < -0.3 is 28.5 Å². The van der Waals surface area contributed by atoms with Crippen molar-refractivity contribution in [3.8, 4) is 34.3 Å². The molecule has 0 amide bonds. The molecule has 0 unspecified atom stereocenters. The zero-order chi connectivity index (χ0) is 23.1. The predicted molar refractivity (Wildman–Crippen MR) is 119 cm³/mol. The van der Waals surface area contributed by atoms with Gasteiger partial charge in [-0.2, -0.15) is 0 Å². The first kappa shape index (κ1) is 23.0. The van der Waals surface area contributed by atoms with Crippen LogP contribution in [-0.4, -0.2) is 38.5 Å². The quantitative estimate of drug-likeness (QED) is 0.433. The second kappa shape index (κ2) is 10.6. The highest BCUT2D eigenvalue weighted by Gasteiger charge is 2.16. The standard InChI is InChI=1S/C24H26O8/c1-4-5-6-9-30-22-11-16-17(25)12-19(15-7-8-18(28-2)21(10-15)29-3)32-20(16)13-23(22)31-14-24(26)27/h7-8,10-13H,4-6,9,14H2,1-3H3,(H,26,27). The largest absolute Gasteiger partial charge is 0.493 e. The summed E-state index contributed by atoms with van der Waals surface area (Å²) in [4.78, 5) is 23.8. The number of fused-ring (bicyclic) bond motifs is 1. The van der Waals surface area contributed by atoms with Gasteiger partial charge in [0.1, 0.15) is 11.3 Å². The number of hydrogen-bond acceptors (Lipinski definition) is 7. The minimum atomic E-state index is -1.12. The Kier molecular flexibility index (Phi) is 7.59. The predicted octanol–water partition coefficient (Wildman–Crippen LogP) is 4.51. The highest BCUT2D eigenvalue weighted by molar-refractivity contribution is 5.83. The third-order valence-corrected chi connectivity index (χ3v) is 4.82. The van der Waals surface area contributed by atoms with Gasteiger partial charge in [-0.1, -0.05) is 19.8 Å². The van der Waals surface area contributed by atoms with Crippen LogP contribution in [0.4, 0.5) is 0 Å². The van der Waals surface area contributed by atoms with Gasteiger partial charge in [0.2, 0.25) is 0 Å². The second-order valence-electron chi connectivity index (χ2n) is 7.08. The summed E-state index contributed by atoms with van der Waals surface area (Å²) in [6.07, 6.45) is 2.86. The molecule has 0 aliphatic carbocycles. The molecule has 0 saturated heterocycles. The van der Waals surface area contributed by atoms with E-state index >= 15 is 0 Å². The van der Waals surface area contributed by atoms with Gasteiger partial charge >= 0.3 is 5.97 Å². The summed E-state index contributed by atoms with van der Waals surface area (Å²) in [5.74, 6) is 0.750. The number of rotatable bonds is 11. The molecule has 0 fully saturated rings. The van der Waals surface area contributed by atoms with Crippen molar-refractivity contribution in [2.24, 2.45) is 0 Å². The number of ether oxygens (including phenoxy) is 4. The second-order valence-corrected chi connectivity index (χ2v) is 7.08. The van der Waals surface area contributed by atoms with Crippen LogP contribution in [0.3, 0.4) is 0 Å². The van der Waals surface area contributed by atoms with Crippen molar-refractivity contribution in [3.63, 3.8) is 0 Å². The fourth-order valence-corrected chi connectivity index (χ4v) is 3.19. The molecular formula is C24H26O8. The minimum Gasteiger partial charge on any atom is -0.493 e. The number of aliphatic carboxylic acids is 1. The molecule has 0 radical (unpaired) electrons. The molecule has 1 aromatic heterocycles. The van der Waals surface area contributed by atoms with E-state index in [-0.39, 0.29) is 16.8 Å². The Morgan fingerprint density at radius 2 is 1.69 bits per heavy atom. The van der Waals surface area contributed by atoms with E-state index in [4.69, 9.17) is 28.5 Å². The van der Waals surface area contributed by atoms with Crippen molar-refractivity contribution < 1.29 is 33.3 Å². The number of carboxylic acids is 1. The number of carboxylic acid groups (broad SMARTS) is 1. The van der Waals surface area contributed by atoms with E-state index in [1.54, 1.807) is 18.2 Å². The number of carbonyl (C=O) groups is 1. The van der Waals surface area contributed by atoms with Crippen LogP contribution < -0.4 is 24.4 Å². The van der Waals surface area contributed by atoms with Crippen LogP contribution in [0.5, 0.6) is 23.0 Å². The molecule has 1 N–H and O–H groups in total. The van der Waals surface area contributed by atoms with Gasteiger partial charge in [-0.3, -0.25) is 4.79 Å². The molecule has 0 saturated carbocycles. The fourth-order valence-electron chi connectivity index (χ4n) is 3.19. The van der Waals surface area contributed by atoms with Crippen molar-refractivity contribution in [1.29, 1.82) is 0 Å². The summed E-state index contributed by atoms with van der Waals surface area (Å²) >= 11 is 0. The van der Waals surface area contributed by atoms with Gasteiger partial charge in [0.05, 0.1) is 26.2 Å². The Morgan fingerprint density at radius 1 is 0.938 bits per heavy atom. The number of hydrogen-bond donors (Lipinski definition) is 1. The lowest BCUT2D eigenvalue weighted by molar-refractivity contribution is -0.139. The maximum Gasteiger partial charge on any atom is 0.341 e. The van der Waals surface area contributed by atoms with Crippen LogP contribution in [0, 0.1) is 0 Å². The number of unbranched alkanes of at least 4 members (excludes halogenated alkanes) is 2. The van der Waals surface area contributed by atoms with Crippen molar-refractivity contribution in [1.82, 2.24) is 0 Å². The lowest BCUT2D eigenvalue weighted by Gasteiger charge is -2.13. The molecule has 3 aromatic rings. The molecule has 3 rings (SSSR count). The Hall–Kier alpha value is -3.68. The normalized spacial score (nSPS) is 10.7. The molecule has 32 heavy (non-hydrogen) atoms. The van der Waals surface area contributed by atoms with E-state index in [0.29, 0.717) is 40.6 Å². The zero-order valence-corrected chi connectivity index (χ0v) is 18.3. The molecule has 2 aromatic carbocycles. The smallest absolute Gasteiger partial charge is 0.341 e. The van der Waals surface area contributed by atoms with Crippen molar-refractivity contribution in [2.75, 3.05) is 27.4 Å². The number of benzene rings is 2. The molecule has 0 spiro atoms. The third-order valence-electron chi connectivity index (χ3n) is 4.82. The van der Waals surface area contributed by atoms with E-state index in [2.05, 4.69) is 6.92 Å². The first-order valence-corrected chi connectivity index (χ1v) is 10.3. The van der Waals surface area contributed by atoms with Gasteiger partial charge in [0, 0.05) is 17.7 Å². The number of methoxy groups -OCH3 is 2. The molecule has 0 aliphatic rings. The maximum atomic E-state index is 12.8. The molecule has 0 bridgehead atoms. The Bertz CT molecular complexity index is 1150. The lowest BCUT2D eigenvalue weighted by atomic mass is 10.1. The van der Waals surface area contributed by atoms with Gasteiger partial charge in [0.15, 0.2) is 35.0 Å². The maximum absolute atomic E-state index is 12.8. The average Bonchev–Trinajstić information content (AvgIpc) is 2.79. The van der Waals surface area contributed by atoms with E-state index in [1.165, 1.54) is 32.4 Å². The monoisotopic (exact) mass is 442 g/mol. The first-order chi connectivity index (χ1) is 15.5. The van der Waals surface area contributed by atoms with Crippen molar-refractivity contribution in [2.45, 2.75) is 26.2 Å². The highest BCUT2D eigenvalue weighted by Crippen LogP contribution is 2.35. The van der Waals surface area contributed by atoms with Crippen LogP contribution in [0.25, 0.3) is 22.3 Å². The van der Waals surface area contributed by atoms with E-state index in [9.17, 15) is 9.59 Å². The average molecular weight is 442 g/mol. The summed E-state index contributed by atoms with van der Waals surface area (Å²) in [5.41, 5.74) is 0.609. The molecule has 170 valence electrons. The lowest BCUT2D eigenvalue weighted by Crippen LogP contribution is -2.11. The van der Waals surface area contributed by atoms with Gasteiger partial charge in [-0.15, -0.1) is 0 Å². The first-order valence-electron chi connectivity index (χ1n) is 10.3. The summed E-state index contributed by atoms with van der Waals surface area (Å²) in [6.45, 7) is 1.97. The summed E-state index contributed by atoms with van der Waals surface area (Å²) in [6, 6.07) is 9.57. The Labute approximate surface area is 185 Å². The summed E-state index contributed by atoms with van der Waals surface area (Å²) in [7, 11) is 3.06. The molecule has 0 atom stereocenters. The zero-order valence-electron chi connectivity index (χ0n) is 18.3. The molecule has 1 heterocycles. The Morgan fingerprint density at radius 3 is 2.38 bits per heavy atom. The van der Waals surface area contributed by atoms with Crippen LogP contribution >= 0.6 is 0 Å². The van der Waals surface area contributed by atoms with E-state index in [1.807, 2.05) is 0 Å². The van der Waals surface area contributed by atoms with E-state index in [0.717, 1.165) is 19.3 Å². The van der Waals surface area contributed by atoms with Crippen LogP contribution in [0.1, 0.15) is 26.2 Å². The van der Waals surface area contributed by atoms with Crippen LogP contribution in [0.2, 0.25) is 0 Å². The van der Waals surface area contributed by atoms with Crippen molar-refractivity contribution >= 4 is 16.9 Å². The topological polar surface area (TPSA) is 104 Å². The van der Waals surface area contributed by atoms with Gasteiger partial charge in [-0.25, -0.2) is 4.79 Å². The summed E-state index contributed by atoms with van der Waals surface area (Å²) in [5, 5.41) is 9.30. The summed E-state index contributed by atoms with van der Waals surface area (Å²) < 4.78 is 27.7. The SMILES string of the molecule is CCCCCOc1cc2c(=O)cc(-c3ccc(OC)c(OC)c3)oc2cc1OCC(=O)O. The minimum absolute atomic E-state index is 0.198. The highest BCUT2D eigenvalue weighted by atomic mass is 16.5. The van der Waals surface area contributed by atoms with Crippen molar-refractivity contribution in [3.05, 3.63) is 46.6 Å². The van der Waals surface area contributed by atoms with Crippen LogP contribution in [-0.2, 0) is 4.79 Å². The van der Waals surface area contributed by atoms with Gasteiger partial charge in [-0.05, 0) is 30.7 Å². The molecule has 8 nitrogen and oxygen atoms in total. The van der Waals surface area contributed by atoms with E-state index < -0.39 is 12.6 Å². The Balaban J connectivity index is 2.04. The van der Waals surface area contributed by atoms with Crippen LogP contribution in [0.15, 0.2) is 45.6 Å². The molecular weight excluding hydrogens is 416 g/mol. The molecule has 0 aliphatic heterocycles. The molecule has 8 heteroatoms. The third kappa shape index (κ3) is 5.32. The van der Waals surface area contributed by atoms with Gasteiger partial charge in [0.25, 0.3) is 0 Å². The fraction of sp³-hybridized carbons (Fsp3) is 0.333.